The van der Waals surface area contributed by atoms with Gasteiger partial charge in [0.05, 0.1) is 20.3 Å². The molecule has 1 N–H and O–H groups in total. The lowest BCUT2D eigenvalue weighted by Gasteiger charge is -2.18. The molecule has 7 heteroatoms. The number of hydrogen-bond acceptors (Lipinski definition) is 6. The fourth-order valence-electron chi connectivity index (χ4n) is 2.87. The largest absolute Gasteiger partial charge is 0.497 e. The van der Waals surface area contributed by atoms with Crippen molar-refractivity contribution in [3.8, 4) is 27.8 Å². The van der Waals surface area contributed by atoms with Gasteiger partial charge >= 0.3 is 0 Å². The van der Waals surface area contributed by atoms with Gasteiger partial charge in [0.1, 0.15) is 22.3 Å². The van der Waals surface area contributed by atoms with Crippen LogP contribution in [-0.2, 0) is 4.79 Å². The molecule has 6 nitrogen and oxygen atoms in total. The maximum atomic E-state index is 12.3. The van der Waals surface area contributed by atoms with E-state index >= 15 is 0 Å². The first-order chi connectivity index (χ1) is 14.0. The highest BCUT2D eigenvalue weighted by molar-refractivity contribution is 7.13. The quantitative estimate of drug-likeness (QED) is 0.594. The molecule has 1 aromatic heterocycles. The van der Waals surface area contributed by atoms with E-state index in [9.17, 15) is 4.79 Å². The van der Waals surface area contributed by atoms with Crippen LogP contribution in [0.1, 0.15) is 24.2 Å². The molecule has 1 amide bonds. The molecule has 0 fully saturated rings. The molecule has 3 aromatic rings. The summed E-state index contributed by atoms with van der Waals surface area (Å²) in [7, 11) is 3.20. The number of rotatable bonds is 8. The molecule has 2 aromatic carbocycles. The van der Waals surface area contributed by atoms with Gasteiger partial charge in [-0.05, 0) is 56.3 Å². The van der Waals surface area contributed by atoms with Crippen molar-refractivity contribution in [2.75, 3.05) is 20.8 Å². The van der Waals surface area contributed by atoms with Crippen molar-refractivity contribution in [3.63, 3.8) is 0 Å². The summed E-state index contributed by atoms with van der Waals surface area (Å²) in [6.07, 6.45) is 0. The second-order valence-corrected chi connectivity index (χ2v) is 7.36. The van der Waals surface area contributed by atoms with Crippen molar-refractivity contribution in [1.82, 2.24) is 10.3 Å². The van der Waals surface area contributed by atoms with Gasteiger partial charge in [-0.2, -0.15) is 0 Å². The van der Waals surface area contributed by atoms with E-state index in [0.29, 0.717) is 17.2 Å². The molecule has 0 aliphatic heterocycles. The molecule has 0 radical (unpaired) electrons. The molecule has 0 aliphatic carbocycles. The minimum absolute atomic E-state index is 0.0771. The number of nitrogens with zero attached hydrogens (tertiary/aromatic N) is 1. The summed E-state index contributed by atoms with van der Waals surface area (Å²) < 4.78 is 16.3. The summed E-state index contributed by atoms with van der Waals surface area (Å²) in [5.74, 6) is 1.80. The van der Waals surface area contributed by atoms with Crippen LogP contribution in [0.4, 0.5) is 0 Å². The Kier molecular flexibility index (Phi) is 6.72. The molecule has 1 atom stereocenters. The predicted molar refractivity (Wildman–Crippen MR) is 114 cm³/mol. The zero-order valence-electron chi connectivity index (χ0n) is 16.9. The number of aryl methyl sites for hydroxylation is 1. The van der Waals surface area contributed by atoms with Crippen LogP contribution < -0.4 is 19.5 Å². The number of hydrogen-bond donors (Lipinski definition) is 1. The van der Waals surface area contributed by atoms with Gasteiger partial charge in [0.25, 0.3) is 5.91 Å². The third-order valence-corrected chi connectivity index (χ3v) is 5.38. The van der Waals surface area contributed by atoms with Gasteiger partial charge in [-0.1, -0.05) is 0 Å². The monoisotopic (exact) mass is 412 g/mol. The van der Waals surface area contributed by atoms with Crippen LogP contribution in [0.5, 0.6) is 17.2 Å². The summed E-state index contributed by atoms with van der Waals surface area (Å²) in [5.41, 5.74) is 2.87. The number of thiazole rings is 1. The normalized spacial score (nSPS) is 11.6. The van der Waals surface area contributed by atoms with Crippen molar-refractivity contribution in [2.45, 2.75) is 19.9 Å². The summed E-state index contributed by atoms with van der Waals surface area (Å²) in [5, 5.41) is 5.91. The molecule has 0 saturated carbocycles. The van der Waals surface area contributed by atoms with E-state index < -0.39 is 0 Å². The van der Waals surface area contributed by atoms with Gasteiger partial charge in [0.2, 0.25) is 0 Å². The van der Waals surface area contributed by atoms with E-state index in [0.717, 1.165) is 21.8 Å². The first kappa shape index (κ1) is 20.7. The Morgan fingerprint density at radius 2 is 1.83 bits per heavy atom. The number of ether oxygens (including phenoxy) is 3. The fourth-order valence-corrected chi connectivity index (χ4v) is 3.67. The maximum Gasteiger partial charge on any atom is 0.258 e. The number of benzene rings is 2. The minimum Gasteiger partial charge on any atom is -0.497 e. The first-order valence-corrected chi connectivity index (χ1v) is 10.0. The molecule has 0 unspecified atom stereocenters. The Morgan fingerprint density at radius 3 is 2.45 bits per heavy atom. The summed E-state index contributed by atoms with van der Waals surface area (Å²) in [4.78, 5) is 16.8. The molecule has 0 saturated heterocycles. The lowest BCUT2D eigenvalue weighted by atomic mass is 10.1. The topological polar surface area (TPSA) is 69.7 Å². The molecule has 1 heterocycles. The van der Waals surface area contributed by atoms with Crippen LogP contribution in [0, 0.1) is 6.92 Å². The van der Waals surface area contributed by atoms with E-state index in [-0.39, 0.29) is 18.6 Å². The van der Waals surface area contributed by atoms with Crippen LogP contribution in [0.25, 0.3) is 10.6 Å². The smallest absolute Gasteiger partial charge is 0.258 e. The maximum absolute atomic E-state index is 12.3. The van der Waals surface area contributed by atoms with E-state index in [2.05, 4.69) is 10.3 Å². The van der Waals surface area contributed by atoms with Crippen LogP contribution in [0.2, 0.25) is 0 Å². The molecule has 3 rings (SSSR count). The second kappa shape index (κ2) is 9.43. The summed E-state index contributed by atoms with van der Waals surface area (Å²) >= 11 is 1.60. The number of aromatic nitrogens is 1. The number of methoxy groups -OCH3 is 2. The minimum atomic E-state index is -0.258. The number of nitrogens with one attached hydrogen (secondary N) is 1. The standard InChI is InChI=1S/C22H24N2O4S/c1-14-13-29-22(23-14)16-5-7-17(8-6-16)28-12-21(25)24-15(2)19-11-18(26-3)9-10-20(19)27-4/h5-11,13,15H,12H2,1-4H3,(H,24,25)/t15-/m0/s1. The van der Waals surface area contributed by atoms with Gasteiger partial charge in [-0.25, -0.2) is 4.98 Å². The summed E-state index contributed by atoms with van der Waals surface area (Å²) in [6, 6.07) is 12.8. The predicted octanol–water partition coefficient (Wildman–Crippen LogP) is 4.39. The van der Waals surface area contributed by atoms with Gasteiger partial charge in [0.15, 0.2) is 6.61 Å². The average molecular weight is 413 g/mol. The van der Waals surface area contributed by atoms with E-state index in [1.165, 1.54) is 0 Å². The number of amides is 1. The summed E-state index contributed by atoms with van der Waals surface area (Å²) in [6.45, 7) is 3.78. The van der Waals surface area contributed by atoms with Gasteiger partial charge in [-0.3, -0.25) is 4.79 Å². The van der Waals surface area contributed by atoms with Crippen molar-refractivity contribution in [3.05, 3.63) is 59.1 Å². The van der Waals surface area contributed by atoms with Crippen molar-refractivity contribution >= 4 is 17.2 Å². The lowest BCUT2D eigenvalue weighted by molar-refractivity contribution is -0.123. The van der Waals surface area contributed by atoms with Crippen molar-refractivity contribution in [1.29, 1.82) is 0 Å². The Hall–Kier alpha value is -3.06. The average Bonchev–Trinajstić information content (AvgIpc) is 3.18. The third-order valence-electron chi connectivity index (χ3n) is 4.37. The van der Waals surface area contributed by atoms with Gasteiger partial charge < -0.3 is 19.5 Å². The number of carbonyl (C=O) groups is 1. The SMILES string of the molecule is COc1ccc(OC)c([C@H](C)NC(=O)COc2ccc(-c3nc(C)cs3)cc2)c1. The second-order valence-electron chi connectivity index (χ2n) is 6.50. The lowest BCUT2D eigenvalue weighted by Crippen LogP contribution is -2.31. The van der Waals surface area contributed by atoms with Crippen molar-refractivity contribution in [2.24, 2.45) is 0 Å². The highest BCUT2D eigenvalue weighted by atomic mass is 32.1. The van der Waals surface area contributed by atoms with Gasteiger partial charge in [-0.15, -0.1) is 11.3 Å². The van der Waals surface area contributed by atoms with Crippen molar-refractivity contribution < 1.29 is 19.0 Å². The zero-order chi connectivity index (χ0) is 20.8. The molecule has 152 valence electrons. The van der Waals surface area contributed by atoms with E-state index in [1.807, 2.05) is 61.7 Å². The Labute approximate surface area is 174 Å². The Morgan fingerprint density at radius 1 is 1.10 bits per heavy atom. The molecule has 0 spiro atoms. The first-order valence-electron chi connectivity index (χ1n) is 9.17. The fraction of sp³-hybridized carbons (Fsp3) is 0.273. The highest BCUT2D eigenvalue weighted by Gasteiger charge is 2.15. The van der Waals surface area contributed by atoms with E-state index in [1.54, 1.807) is 25.6 Å². The highest BCUT2D eigenvalue weighted by Crippen LogP contribution is 2.29. The van der Waals surface area contributed by atoms with Crippen LogP contribution in [0.3, 0.4) is 0 Å². The number of carbonyl (C=O) groups excluding carboxylic acids is 1. The van der Waals surface area contributed by atoms with Crippen LogP contribution in [-0.4, -0.2) is 31.7 Å². The Balaban J connectivity index is 1.57. The molecule has 0 aliphatic rings. The molecule has 0 bridgehead atoms. The Bertz CT molecular complexity index is 969. The van der Waals surface area contributed by atoms with Crippen LogP contribution in [0.15, 0.2) is 47.8 Å². The zero-order valence-corrected chi connectivity index (χ0v) is 17.7. The molecular formula is C22H24N2O4S. The molecular weight excluding hydrogens is 388 g/mol. The molecule has 29 heavy (non-hydrogen) atoms. The van der Waals surface area contributed by atoms with Gasteiger partial charge in [0, 0.05) is 22.2 Å². The third kappa shape index (κ3) is 5.26. The van der Waals surface area contributed by atoms with E-state index in [4.69, 9.17) is 14.2 Å². The van der Waals surface area contributed by atoms with Crippen LogP contribution >= 0.6 is 11.3 Å².